The molecule has 0 bridgehead atoms. The monoisotopic (exact) mass is 594 g/mol. The molecular formula is C29H29ClF2N8O2. The third kappa shape index (κ3) is 5.35. The predicted octanol–water partition coefficient (Wildman–Crippen LogP) is 4.84. The number of alkyl halides is 2. The largest absolute Gasteiger partial charge is 0.394 e. The Hall–Kier alpha value is -4.29. The molecule has 2 aromatic carbocycles. The molecule has 0 aliphatic carbocycles. The first-order valence-corrected chi connectivity index (χ1v) is 13.5. The molecule has 0 radical (unpaired) electrons. The van der Waals surface area contributed by atoms with Gasteiger partial charge in [0.2, 0.25) is 0 Å². The minimum Gasteiger partial charge on any atom is -0.394 e. The van der Waals surface area contributed by atoms with E-state index in [1.54, 1.807) is 36.7 Å². The molecule has 10 nitrogen and oxygen atoms in total. The highest BCUT2D eigenvalue weighted by Crippen LogP contribution is 2.45. The van der Waals surface area contributed by atoms with Crippen molar-refractivity contribution < 1.29 is 18.7 Å². The van der Waals surface area contributed by atoms with Gasteiger partial charge in [0.05, 0.1) is 23.4 Å². The maximum absolute atomic E-state index is 14.4. The van der Waals surface area contributed by atoms with Gasteiger partial charge in [0.25, 0.3) is 12.3 Å². The second-order valence-electron chi connectivity index (χ2n) is 11.1. The van der Waals surface area contributed by atoms with Crippen molar-refractivity contribution >= 4 is 23.5 Å². The second kappa shape index (κ2) is 11.2. The highest BCUT2D eigenvalue weighted by Gasteiger charge is 2.52. The average Bonchev–Trinajstić information content (AvgIpc) is 3.54. The lowest BCUT2D eigenvalue weighted by molar-refractivity contribution is -0.135. The van der Waals surface area contributed by atoms with E-state index in [1.807, 2.05) is 32.9 Å². The Morgan fingerprint density at radius 1 is 1.07 bits per heavy atom. The molecule has 0 spiro atoms. The van der Waals surface area contributed by atoms with Gasteiger partial charge in [-0.3, -0.25) is 9.69 Å². The van der Waals surface area contributed by atoms with Crippen LogP contribution in [0.15, 0.2) is 72.2 Å². The lowest BCUT2D eigenvalue weighted by Gasteiger charge is -2.34. The second-order valence-corrected chi connectivity index (χ2v) is 11.5. The number of nitrogens with zero attached hydrogens (tertiary/aromatic N) is 7. The number of carbonyl (C=O) groups is 1. The van der Waals surface area contributed by atoms with Gasteiger partial charge in [-0.2, -0.15) is 5.10 Å². The fourth-order valence-corrected chi connectivity index (χ4v) is 5.44. The molecule has 4 aromatic rings. The SMILES string of the molecule is CC(C)(C)C[C@]1(c2ccc(-c3ncccn3)cc2)N=C(N)N([C@H](CO)c2ccc(Cl)c(-n3ncnc3C(F)F)c2)C1=O. The van der Waals surface area contributed by atoms with Crippen LogP contribution in [-0.2, 0) is 10.3 Å². The molecule has 13 heteroatoms. The molecule has 0 saturated carbocycles. The molecule has 1 aliphatic rings. The summed E-state index contributed by atoms with van der Waals surface area (Å²) in [6, 6.07) is 12.5. The number of aliphatic imine (C=N–C) groups is 1. The number of guanidine groups is 1. The number of aliphatic hydroxyl groups excluding tert-OH is 1. The van der Waals surface area contributed by atoms with Gasteiger partial charge in [-0.25, -0.2) is 33.4 Å². The summed E-state index contributed by atoms with van der Waals surface area (Å²) in [7, 11) is 0. The molecule has 3 N–H and O–H groups in total. The zero-order valence-electron chi connectivity index (χ0n) is 23.1. The zero-order valence-corrected chi connectivity index (χ0v) is 23.9. The molecule has 0 saturated heterocycles. The van der Waals surface area contributed by atoms with Crippen LogP contribution in [0.5, 0.6) is 0 Å². The van der Waals surface area contributed by atoms with Crippen LogP contribution in [0.2, 0.25) is 5.02 Å². The summed E-state index contributed by atoms with van der Waals surface area (Å²) in [6.45, 7) is 5.46. The number of nitrogens with two attached hydrogens (primary N) is 1. The molecule has 1 aliphatic heterocycles. The molecular weight excluding hydrogens is 566 g/mol. The van der Waals surface area contributed by atoms with E-state index in [2.05, 4.69) is 20.1 Å². The molecule has 2 atom stereocenters. The van der Waals surface area contributed by atoms with E-state index in [1.165, 1.54) is 17.0 Å². The molecule has 2 aromatic heterocycles. The number of carbonyl (C=O) groups excluding carboxylic acids is 1. The molecule has 0 fully saturated rings. The fraction of sp³-hybridized carbons (Fsp3) is 0.310. The van der Waals surface area contributed by atoms with E-state index in [0.29, 0.717) is 23.4 Å². The zero-order chi connectivity index (χ0) is 30.2. The third-order valence-corrected chi connectivity index (χ3v) is 7.25. The number of amides is 1. The van der Waals surface area contributed by atoms with Crippen molar-refractivity contribution in [2.24, 2.45) is 16.1 Å². The predicted molar refractivity (Wildman–Crippen MR) is 153 cm³/mol. The van der Waals surface area contributed by atoms with Crippen molar-refractivity contribution in [1.82, 2.24) is 29.6 Å². The Morgan fingerprint density at radius 3 is 2.38 bits per heavy atom. The maximum atomic E-state index is 14.4. The Morgan fingerprint density at radius 2 is 1.76 bits per heavy atom. The van der Waals surface area contributed by atoms with Crippen LogP contribution in [0, 0.1) is 5.41 Å². The lowest BCUT2D eigenvalue weighted by Crippen LogP contribution is -2.47. The Labute approximate surface area is 245 Å². The van der Waals surface area contributed by atoms with E-state index in [4.69, 9.17) is 22.3 Å². The van der Waals surface area contributed by atoms with Crippen molar-refractivity contribution in [2.45, 2.75) is 45.2 Å². The molecule has 218 valence electrons. The van der Waals surface area contributed by atoms with Crippen molar-refractivity contribution in [1.29, 1.82) is 0 Å². The summed E-state index contributed by atoms with van der Waals surface area (Å²) >= 11 is 6.35. The molecule has 1 amide bonds. The lowest BCUT2D eigenvalue weighted by atomic mass is 9.75. The third-order valence-electron chi connectivity index (χ3n) is 6.93. The maximum Gasteiger partial charge on any atom is 0.297 e. The molecule has 5 rings (SSSR count). The minimum absolute atomic E-state index is 0.0794. The number of halogens is 3. The van der Waals surface area contributed by atoms with E-state index in [9.17, 15) is 18.7 Å². The first-order chi connectivity index (χ1) is 19.9. The number of rotatable bonds is 8. The van der Waals surface area contributed by atoms with Crippen molar-refractivity contribution in [3.63, 3.8) is 0 Å². The molecule has 42 heavy (non-hydrogen) atoms. The Balaban J connectivity index is 1.56. The van der Waals surface area contributed by atoms with Crippen molar-refractivity contribution in [3.8, 4) is 17.1 Å². The summed E-state index contributed by atoms with van der Waals surface area (Å²) < 4.78 is 28.0. The van der Waals surface area contributed by atoms with Gasteiger partial charge in [0, 0.05) is 18.0 Å². The Kier molecular flexibility index (Phi) is 7.78. The summed E-state index contributed by atoms with van der Waals surface area (Å²) in [5.41, 5.74) is 6.59. The van der Waals surface area contributed by atoms with E-state index >= 15 is 0 Å². The van der Waals surface area contributed by atoms with Gasteiger partial charge in [0.1, 0.15) is 6.33 Å². The van der Waals surface area contributed by atoms with Crippen molar-refractivity contribution in [3.05, 3.63) is 89.2 Å². The van der Waals surface area contributed by atoms with E-state index in [-0.39, 0.29) is 22.1 Å². The van der Waals surface area contributed by atoms with Gasteiger partial charge < -0.3 is 10.8 Å². The van der Waals surface area contributed by atoms with Crippen LogP contribution in [0.4, 0.5) is 8.78 Å². The van der Waals surface area contributed by atoms with E-state index in [0.717, 1.165) is 16.6 Å². The molecule has 0 unspecified atom stereocenters. The number of aliphatic hydroxyl groups is 1. The average molecular weight is 595 g/mol. The highest BCUT2D eigenvalue weighted by molar-refractivity contribution is 6.32. The van der Waals surface area contributed by atoms with Crippen LogP contribution in [0.1, 0.15) is 56.6 Å². The van der Waals surface area contributed by atoms with Crippen LogP contribution >= 0.6 is 11.6 Å². The van der Waals surface area contributed by atoms with Crippen LogP contribution in [0.25, 0.3) is 17.1 Å². The first-order valence-electron chi connectivity index (χ1n) is 13.1. The topological polar surface area (TPSA) is 135 Å². The van der Waals surface area contributed by atoms with E-state index < -0.39 is 36.3 Å². The summed E-state index contributed by atoms with van der Waals surface area (Å²) in [5.74, 6) is -0.563. The summed E-state index contributed by atoms with van der Waals surface area (Å²) in [6.07, 6.45) is 1.71. The number of benzene rings is 2. The fourth-order valence-electron chi connectivity index (χ4n) is 5.24. The van der Waals surface area contributed by atoms with Gasteiger partial charge >= 0.3 is 0 Å². The van der Waals surface area contributed by atoms with Crippen LogP contribution in [-0.4, -0.2) is 53.2 Å². The first kappa shape index (κ1) is 29.2. The summed E-state index contributed by atoms with van der Waals surface area (Å²) in [4.78, 5) is 32.6. The van der Waals surface area contributed by atoms with Crippen molar-refractivity contribution in [2.75, 3.05) is 6.61 Å². The highest BCUT2D eigenvalue weighted by atomic mass is 35.5. The van der Waals surface area contributed by atoms with Gasteiger partial charge in [-0.15, -0.1) is 0 Å². The Bertz CT molecular complexity index is 1620. The van der Waals surface area contributed by atoms with Gasteiger partial charge in [0.15, 0.2) is 23.1 Å². The summed E-state index contributed by atoms with van der Waals surface area (Å²) in [5, 5.41) is 14.6. The number of hydrogen-bond donors (Lipinski definition) is 2. The number of hydrogen-bond acceptors (Lipinski definition) is 8. The minimum atomic E-state index is -2.90. The standard InChI is InChI=1S/C29H29ClF2N8O2/c1-28(2,3)15-29(19-8-5-17(6-9-19)24-34-11-4-12-35-24)26(42)39(27(33)38-29)22(14-41)18-7-10-20(30)21(13-18)40-25(23(31)32)36-16-37-40/h4-13,16,22-23,41H,14-15H2,1-3H3,(H2,33,38)/t22-,29-/m1/s1. The van der Waals surface area contributed by atoms with Crippen LogP contribution in [0.3, 0.4) is 0 Å². The van der Waals surface area contributed by atoms with Crippen LogP contribution < -0.4 is 5.73 Å². The molecule has 3 heterocycles. The van der Waals surface area contributed by atoms with Gasteiger partial charge in [-0.1, -0.05) is 62.7 Å². The normalized spacial score (nSPS) is 18.0. The van der Waals surface area contributed by atoms with Gasteiger partial charge in [-0.05, 0) is 41.2 Å². The number of aromatic nitrogens is 5. The smallest absolute Gasteiger partial charge is 0.297 e. The quantitative estimate of drug-likeness (QED) is 0.298.